The van der Waals surface area contributed by atoms with Gasteiger partial charge in [0.05, 0.1) is 6.61 Å². The molecular weight excluding hydrogens is 307 g/mol. The Kier molecular flexibility index (Phi) is 9.88. The maximum Gasteiger partial charge on any atom is 0.302 e. The third kappa shape index (κ3) is 11.5. The van der Waals surface area contributed by atoms with Crippen LogP contribution in [0.2, 0.25) is 0 Å². The van der Waals surface area contributed by atoms with E-state index in [2.05, 4.69) is 22.6 Å². The second-order valence-electron chi connectivity index (χ2n) is 3.24. The molecule has 0 spiro atoms. The van der Waals surface area contributed by atoms with Crippen molar-refractivity contribution in [3.05, 3.63) is 10.2 Å². The molecular formula is C11H17IO3. The standard InChI is InChI=1S/C11H17IO3/c1-10(13)15-9-5-3-7-11(14)6-2-4-8-12/h4,8H,2-3,5-7,9H2,1H3/b8-4+. The highest BCUT2D eigenvalue weighted by molar-refractivity contribution is 14.1. The van der Waals surface area contributed by atoms with E-state index in [4.69, 9.17) is 4.74 Å². The van der Waals surface area contributed by atoms with E-state index < -0.39 is 0 Å². The Labute approximate surface area is 104 Å². The SMILES string of the molecule is CC(=O)OCCCCC(=O)CC/C=C/I. The Hall–Kier alpha value is -0.390. The molecule has 0 bridgehead atoms. The van der Waals surface area contributed by atoms with Crippen molar-refractivity contribution in [3.63, 3.8) is 0 Å². The van der Waals surface area contributed by atoms with Gasteiger partial charge in [-0.3, -0.25) is 9.59 Å². The molecule has 0 aromatic carbocycles. The van der Waals surface area contributed by atoms with E-state index in [1.54, 1.807) is 0 Å². The van der Waals surface area contributed by atoms with Crippen molar-refractivity contribution in [1.29, 1.82) is 0 Å². The summed E-state index contributed by atoms with van der Waals surface area (Å²) in [4.78, 5) is 21.7. The Morgan fingerprint density at radius 3 is 2.60 bits per heavy atom. The van der Waals surface area contributed by atoms with Gasteiger partial charge in [-0.15, -0.1) is 0 Å². The van der Waals surface area contributed by atoms with Crippen LogP contribution in [0.3, 0.4) is 0 Å². The minimum absolute atomic E-state index is 0.256. The van der Waals surface area contributed by atoms with Gasteiger partial charge in [-0.25, -0.2) is 0 Å². The quantitative estimate of drug-likeness (QED) is 0.392. The second-order valence-corrected chi connectivity index (χ2v) is 3.96. The maximum atomic E-state index is 11.3. The summed E-state index contributed by atoms with van der Waals surface area (Å²) in [6, 6.07) is 0. The molecule has 0 rings (SSSR count). The van der Waals surface area contributed by atoms with E-state index in [1.807, 2.05) is 10.2 Å². The monoisotopic (exact) mass is 324 g/mol. The number of ketones is 1. The van der Waals surface area contributed by atoms with Crippen LogP contribution in [-0.4, -0.2) is 18.4 Å². The van der Waals surface area contributed by atoms with E-state index in [1.165, 1.54) is 6.92 Å². The fourth-order valence-electron chi connectivity index (χ4n) is 1.07. The minimum atomic E-state index is -0.256. The van der Waals surface area contributed by atoms with Crippen LogP contribution in [0, 0.1) is 0 Å². The molecule has 0 aliphatic carbocycles. The van der Waals surface area contributed by atoms with Crippen LogP contribution in [0.4, 0.5) is 0 Å². The summed E-state index contributed by atoms with van der Waals surface area (Å²) < 4.78 is 6.68. The molecule has 4 heteroatoms. The summed E-state index contributed by atoms with van der Waals surface area (Å²) >= 11 is 2.14. The zero-order chi connectivity index (χ0) is 11.5. The summed E-state index contributed by atoms with van der Waals surface area (Å²) in [6.45, 7) is 1.82. The fourth-order valence-corrected chi connectivity index (χ4v) is 1.43. The molecule has 0 saturated heterocycles. The molecule has 0 radical (unpaired) electrons. The lowest BCUT2D eigenvalue weighted by Crippen LogP contribution is -2.02. The second kappa shape index (κ2) is 10.1. The highest BCUT2D eigenvalue weighted by atomic mass is 127. The van der Waals surface area contributed by atoms with Crippen molar-refractivity contribution in [2.75, 3.05) is 6.61 Å². The zero-order valence-electron chi connectivity index (χ0n) is 9.00. The van der Waals surface area contributed by atoms with Crippen LogP contribution in [0.25, 0.3) is 0 Å². The summed E-state index contributed by atoms with van der Waals surface area (Å²) in [6.07, 6.45) is 5.60. The predicted octanol–water partition coefficient (Wildman–Crippen LogP) is 3.02. The van der Waals surface area contributed by atoms with Gasteiger partial charge in [-0.1, -0.05) is 28.7 Å². The Bertz CT molecular complexity index is 224. The maximum absolute atomic E-state index is 11.3. The lowest BCUT2D eigenvalue weighted by atomic mass is 10.1. The number of hydrogen-bond donors (Lipinski definition) is 0. The Balaban J connectivity index is 3.27. The van der Waals surface area contributed by atoms with E-state index in [-0.39, 0.29) is 11.8 Å². The molecule has 0 aromatic heterocycles. The zero-order valence-corrected chi connectivity index (χ0v) is 11.2. The predicted molar refractivity (Wildman–Crippen MR) is 67.9 cm³/mol. The summed E-state index contributed by atoms with van der Waals surface area (Å²) in [5, 5.41) is 0. The summed E-state index contributed by atoms with van der Waals surface area (Å²) in [5.41, 5.74) is 0. The van der Waals surface area contributed by atoms with E-state index in [0.717, 1.165) is 19.3 Å². The van der Waals surface area contributed by atoms with Crippen LogP contribution < -0.4 is 0 Å². The van der Waals surface area contributed by atoms with Gasteiger partial charge in [0.25, 0.3) is 0 Å². The first-order chi connectivity index (χ1) is 7.16. The van der Waals surface area contributed by atoms with Gasteiger partial charge < -0.3 is 4.74 Å². The largest absolute Gasteiger partial charge is 0.466 e. The van der Waals surface area contributed by atoms with Crippen LogP contribution in [-0.2, 0) is 14.3 Å². The highest BCUT2D eigenvalue weighted by Gasteiger charge is 2.00. The summed E-state index contributed by atoms with van der Waals surface area (Å²) in [5.74, 6) is 0.0286. The van der Waals surface area contributed by atoms with Crippen molar-refractivity contribution in [2.45, 2.75) is 39.0 Å². The topological polar surface area (TPSA) is 43.4 Å². The highest BCUT2D eigenvalue weighted by Crippen LogP contribution is 2.03. The first-order valence-electron chi connectivity index (χ1n) is 5.07. The molecule has 0 aliphatic heterocycles. The van der Waals surface area contributed by atoms with Gasteiger partial charge in [0, 0.05) is 19.8 Å². The molecule has 0 atom stereocenters. The molecule has 0 heterocycles. The smallest absolute Gasteiger partial charge is 0.302 e. The molecule has 0 fully saturated rings. The number of ether oxygens (including phenoxy) is 1. The first kappa shape index (κ1) is 14.6. The number of allylic oxidation sites excluding steroid dienone is 1. The number of halogens is 1. The van der Waals surface area contributed by atoms with E-state index >= 15 is 0 Å². The van der Waals surface area contributed by atoms with Gasteiger partial charge in [0.15, 0.2) is 0 Å². The molecule has 0 saturated carbocycles. The number of esters is 1. The average molecular weight is 324 g/mol. The van der Waals surface area contributed by atoms with Crippen LogP contribution in [0.1, 0.15) is 39.0 Å². The van der Waals surface area contributed by atoms with Gasteiger partial charge in [0.2, 0.25) is 0 Å². The Morgan fingerprint density at radius 2 is 2.00 bits per heavy atom. The third-order valence-electron chi connectivity index (χ3n) is 1.83. The van der Waals surface area contributed by atoms with Crippen molar-refractivity contribution in [3.8, 4) is 0 Å². The number of unbranched alkanes of at least 4 members (excludes halogenated alkanes) is 1. The number of rotatable bonds is 8. The number of carbonyl (C=O) groups is 2. The summed E-state index contributed by atoms with van der Waals surface area (Å²) in [7, 11) is 0. The third-order valence-corrected chi connectivity index (χ3v) is 2.34. The van der Waals surface area contributed by atoms with E-state index in [9.17, 15) is 9.59 Å². The molecule has 3 nitrogen and oxygen atoms in total. The van der Waals surface area contributed by atoms with E-state index in [0.29, 0.717) is 19.4 Å². The van der Waals surface area contributed by atoms with Gasteiger partial charge in [-0.2, -0.15) is 0 Å². The minimum Gasteiger partial charge on any atom is -0.466 e. The molecule has 0 aromatic rings. The van der Waals surface area contributed by atoms with Crippen molar-refractivity contribution >= 4 is 34.3 Å². The van der Waals surface area contributed by atoms with Crippen LogP contribution in [0.15, 0.2) is 10.2 Å². The van der Waals surface area contributed by atoms with Crippen LogP contribution in [0.5, 0.6) is 0 Å². The molecule has 0 aliphatic rings. The lowest BCUT2D eigenvalue weighted by Gasteiger charge is -2.01. The van der Waals surface area contributed by atoms with Gasteiger partial charge in [-0.05, 0) is 23.3 Å². The molecule has 0 N–H and O–H groups in total. The normalized spacial score (nSPS) is 10.5. The van der Waals surface area contributed by atoms with Crippen molar-refractivity contribution in [2.24, 2.45) is 0 Å². The van der Waals surface area contributed by atoms with Crippen molar-refractivity contribution in [1.82, 2.24) is 0 Å². The first-order valence-corrected chi connectivity index (χ1v) is 6.31. The number of hydrogen-bond acceptors (Lipinski definition) is 3. The molecule has 0 unspecified atom stereocenters. The fraction of sp³-hybridized carbons (Fsp3) is 0.636. The lowest BCUT2D eigenvalue weighted by molar-refractivity contribution is -0.141. The Morgan fingerprint density at radius 1 is 1.27 bits per heavy atom. The van der Waals surface area contributed by atoms with Gasteiger partial charge in [0.1, 0.15) is 5.78 Å². The molecule has 0 amide bonds. The van der Waals surface area contributed by atoms with Gasteiger partial charge >= 0.3 is 5.97 Å². The van der Waals surface area contributed by atoms with Crippen LogP contribution >= 0.6 is 22.6 Å². The molecule has 86 valence electrons. The average Bonchev–Trinajstić information content (AvgIpc) is 2.17. The number of Topliss-reactive ketones (excluding diaryl/α,β-unsaturated/α-hetero) is 1. The number of carbonyl (C=O) groups excluding carboxylic acids is 2. The molecule has 15 heavy (non-hydrogen) atoms. The van der Waals surface area contributed by atoms with Crippen molar-refractivity contribution < 1.29 is 14.3 Å².